The number of benzene rings is 1. The fourth-order valence-electron chi connectivity index (χ4n) is 1.43. The van der Waals surface area contributed by atoms with E-state index in [1.165, 1.54) is 6.20 Å². The van der Waals surface area contributed by atoms with E-state index in [2.05, 4.69) is 4.98 Å². The minimum Gasteiger partial charge on any atom is -0.288 e. The number of carbonyl (C=O) groups is 1. The number of carbonyl (C=O) groups excluding carboxylic acids is 1. The molecule has 4 heteroatoms. The minimum absolute atomic E-state index is 0.156. The normalized spacial score (nSPS) is 10.3. The Labute approximate surface area is 96.9 Å². The van der Waals surface area contributed by atoms with E-state index in [0.717, 1.165) is 17.8 Å². The first-order valence-electron chi connectivity index (χ1n) is 5.00. The Hall–Kier alpha value is -2.10. The second kappa shape index (κ2) is 4.41. The molecule has 0 fully saturated rings. The van der Waals surface area contributed by atoms with E-state index in [-0.39, 0.29) is 11.1 Å². The third-order valence-electron chi connectivity index (χ3n) is 2.35. The summed E-state index contributed by atoms with van der Waals surface area (Å²) in [6.45, 7) is 1.78. The molecule has 1 heterocycles. The van der Waals surface area contributed by atoms with Gasteiger partial charge in [0.05, 0.1) is 5.56 Å². The van der Waals surface area contributed by atoms with Crippen LogP contribution in [0.3, 0.4) is 0 Å². The Bertz CT molecular complexity index is 564. The zero-order valence-electron chi connectivity index (χ0n) is 9.08. The number of aryl methyl sites for hydroxylation is 1. The van der Waals surface area contributed by atoms with Gasteiger partial charge in [-0.2, -0.15) is 0 Å². The number of rotatable bonds is 2. The number of nitrogens with zero attached hydrogens (tertiary/aromatic N) is 1. The van der Waals surface area contributed by atoms with Crippen molar-refractivity contribution in [1.29, 1.82) is 0 Å². The standard InChI is InChI=1S/C13H9F2NO/c1-8-2-3-9(7-16-8)13(17)11-5-4-10(14)6-12(11)15/h2-7H,1H3. The number of hydrogen-bond donors (Lipinski definition) is 0. The predicted molar refractivity (Wildman–Crippen MR) is 58.8 cm³/mol. The van der Waals surface area contributed by atoms with Crippen LogP contribution in [-0.2, 0) is 0 Å². The molecule has 0 aliphatic rings. The first-order valence-corrected chi connectivity index (χ1v) is 5.00. The predicted octanol–water partition coefficient (Wildman–Crippen LogP) is 2.90. The van der Waals surface area contributed by atoms with Gasteiger partial charge >= 0.3 is 0 Å². The van der Waals surface area contributed by atoms with Crippen molar-refractivity contribution in [1.82, 2.24) is 4.98 Å². The number of hydrogen-bond acceptors (Lipinski definition) is 2. The van der Waals surface area contributed by atoms with Gasteiger partial charge in [0.25, 0.3) is 0 Å². The third kappa shape index (κ3) is 2.36. The molecule has 2 rings (SSSR count). The zero-order chi connectivity index (χ0) is 12.4. The van der Waals surface area contributed by atoms with Crippen LogP contribution in [0.15, 0.2) is 36.5 Å². The Balaban J connectivity index is 2.40. The van der Waals surface area contributed by atoms with Gasteiger partial charge < -0.3 is 0 Å². The molecule has 1 aromatic carbocycles. The van der Waals surface area contributed by atoms with Gasteiger partial charge in [-0.1, -0.05) is 0 Å². The van der Waals surface area contributed by atoms with E-state index in [0.29, 0.717) is 6.07 Å². The van der Waals surface area contributed by atoms with Gasteiger partial charge in [0.15, 0.2) is 5.78 Å². The largest absolute Gasteiger partial charge is 0.288 e. The monoisotopic (exact) mass is 233 g/mol. The molecule has 0 unspecified atom stereocenters. The summed E-state index contributed by atoms with van der Waals surface area (Å²) in [7, 11) is 0. The highest BCUT2D eigenvalue weighted by molar-refractivity contribution is 6.08. The Kier molecular flexibility index (Phi) is 2.95. The Morgan fingerprint density at radius 1 is 1.18 bits per heavy atom. The van der Waals surface area contributed by atoms with Gasteiger partial charge in [0, 0.05) is 23.5 Å². The van der Waals surface area contributed by atoms with Crippen molar-refractivity contribution in [2.45, 2.75) is 6.92 Å². The molecule has 0 N–H and O–H groups in total. The van der Waals surface area contributed by atoms with Gasteiger partial charge in [0.2, 0.25) is 0 Å². The van der Waals surface area contributed by atoms with E-state index < -0.39 is 17.4 Å². The van der Waals surface area contributed by atoms with Gasteiger partial charge in [-0.3, -0.25) is 9.78 Å². The lowest BCUT2D eigenvalue weighted by atomic mass is 10.0. The van der Waals surface area contributed by atoms with Gasteiger partial charge in [0.1, 0.15) is 11.6 Å². The Morgan fingerprint density at radius 3 is 2.53 bits per heavy atom. The summed E-state index contributed by atoms with van der Waals surface area (Å²) in [5, 5.41) is 0. The first-order chi connectivity index (χ1) is 8.08. The molecular formula is C13H9F2NO. The highest BCUT2D eigenvalue weighted by Gasteiger charge is 2.14. The summed E-state index contributed by atoms with van der Waals surface area (Å²) in [4.78, 5) is 15.8. The molecule has 17 heavy (non-hydrogen) atoms. The smallest absolute Gasteiger partial charge is 0.197 e. The molecular weight excluding hydrogens is 224 g/mol. The molecule has 86 valence electrons. The molecule has 0 atom stereocenters. The summed E-state index contributed by atoms with van der Waals surface area (Å²) in [6.07, 6.45) is 1.38. The van der Waals surface area contributed by atoms with Crippen molar-refractivity contribution >= 4 is 5.78 Å². The van der Waals surface area contributed by atoms with Crippen LogP contribution in [0.4, 0.5) is 8.78 Å². The molecule has 0 amide bonds. The van der Waals surface area contributed by atoms with E-state index in [1.54, 1.807) is 19.1 Å². The second-order valence-corrected chi connectivity index (χ2v) is 3.64. The van der Waals surface area contributed by atoms with E-state index in [9.17, 15) is 13.6 Å². The summed E-state index contributed by atoms with van der Waals surface area (Å²) < 4.78 is 26.1. The number of pyridine rings is 1. The number of ketones is 1. The fraction of sp³-hybridized carbons (Fsp3) is 0.0769. The van der Waals surface area contributed by atoms with Crippen LogP contribution in [0.25, 0.3) is 0 Å². The molecule has 2 aromatic rings. The average Bonchev–Trinajstić information content (AvgIpc) is 2.29. The van der Waals surface area contributed by atoms with Crippen LogP contribution in [0, 0.1) is 18.6 Å². The van der Waals surface area contributed by atoms with Gasteiger partial charge in [-0.25, -0.2) is 8.78 Å². The summed E-state index contributed by atoms with van der Waals surface area (Å²) in [6, 6.07) is 6.10. The van der Waals surface area contributed by atoms with Gasteiger partial charge in [-0.15, -0.1) is 0 Å². The summed E-state index contributed by atoms with van der Waals surface area (Å²) in [5.74, 6) is -2.08. The van der Waals surface area contributed by atoms with Crippen LogP contribution in [-0.4, -0.2) is 10.8 Å². The molecule has 0 aliphatic carbocycles. The maximum absolute atomic E-state index is 13.4. The quantitative estimate of drug-likeness (QED) is 0.746. The lowest BCUT2D eigenvalue weighted by Crippen LogP contribution is -2.05. The van der Waals surface area contributed by atoms with Crippen molar-refractivity contribution < 1.29 is 13.6 Å². The summed E-state index contributed by atoms with van der Waals surface area (Å²) >= 11 is 0. The lowest BCUT2D eigenvalue weighted by molar-refractivity contribution is 0.103. The van der Waals surface area contributed by atoms with Crippen LogP contribution in [0.2, 0.25) is 0 Å². The highest BCUT2D eigenvalue weighted by atomic mass is 19.1. The van der Waals surface area contributed by atoms with E-state index in [4.69, 9.17) is 0 Å². The maximum atomic E-state index is 13.4. The van der Waals surface area contributed by atoms with Crippen molar-refractivity contribution in [3.63, 3.8) is 0 Å². The molecule has 0 saturated heterocycles. The van der Waals surface area contributed by atoms with Crippen LogP contribution in [0.5, 0.6) is 0 Å². The minimum atomic E-state index is -0.865. The van der Waals surface area contributed by atoms with Crippen LogP contribution < -0.4 is 0 Å². The molecule has 0 aliphatic heterocycles. The molecule has 0 saturated carbocycles. The van der Waals surface area contributed by atoms with Crippen molar-refractivity contribution in [3.8, 4) is 0 Å². The molecule has 2 nitrogen and oxygen atoms in total. The average molecular weight is 233 g/mol. The van der Waals surface area contributed by atoms with E-state index in [1.807, 2.05) is 0 Å². The fourth-order valence-corrected chi connectivity index (χ4v) is 1.43. The second-order valence-electron chi connectivity index (χ2n) is 3.64. The van der Waals surface area contributed by atoms with Crippen molar-refractivity contribution in [2.75, 3.05) is 0 Å². The number of aromatic nitrogens is 1. The topological polar surface area (TPSA) is 30.0 Å². The van der Waals surface area contributed by atoms with Crippen LogP contribution >= 0.6 is 0 Å². The van der Waals surface area contributed by atoms with Crippen molar-refractivity contribution in [2.24, 2.45) is 0 Å². The first kappa shape index (κ1) is 11.4. The lowest BCUT2D eigenvalue weighted by Gasteiger charge is -2.02. The molecule has 1 aromatic heterocycles. The van der Waals surface area contributed by atoms with Crippen molar-refractivity contribution in [3.05, 3.63) is 65.0 Å². The summed E-state index contributed by atoms with van der Waals surface area (Å²) in [5.41, 5.74) is 0.888. The van der Waals surface area contributed by atoms with Gasteiger partial charge in [-0.05, 0) is 31.2 Å². The SMILES string of the molecule is Cc1ccc(C(=O)c2ccc(F)cc2F)cn1. The molecule has 0 bridgehead atoms. The molecule has 0 radical (unpaired) electrons. The Morgan fingerprint density at radius 2 is 1.94 bits per heavy atom. The third-order valence-corrected chi connectivity index (χ3v) is 2.35. The maximum Gasteiger partial charge on any atom is 0.197 e. The highest BCUT2D eigenvalue weighted by Crippen LogP contribution is 2.14. The zero-order valence-corrected chi connectivity index (χ0v) is 9.08. The number of halogens is 2. The van der Waals surface area contributed by atoms with E-state index >= 15 is 0 Å². The molecule has 0 spiro atoms. The van der Waals surface area contributed by atoms with Crippen LogP contribution in [0.1, 0.15) is 21.6 Å².